The lowest BCUT2D eigenvalue weighted by molar-refractivity contribution is 0.00865. The van der Waals surface area contributed by atoms with E-state index in [4.69, 9.17) is 14.5 Å². The van der Waals surface area contributed by atoms with Crippen LogP contribution in [-0.4, -0.2) is 94.0 Å². The lowest BCUT2D eigenvalue weighted by Crippen LogP contribution is -2.49. The standard InChI is InChI=1S/C24H41N5O2.HI/c1-4-25-24(26-18-22(20(2)3)28-10-14-30-15-11-28)27-19-23(21-8-6-5-7-9-21)29-12-16-31-17-13-29;/h5-9,20,22-23H,4,10-19H2,1-3H3,(H2,25,26,27);1H. The third-order valence-corrected chi connectivity index (χ3v) is 6.20. The molecule has 2 saturated heterocycles. The molecule has 182 valence electrons. The molecule has 32 heavy (non-hydrogen) atoms. The second-order valence-corrected chi connectivity index (χ2v) is 8.64. The molecule has 8 heteroatoms. The predicted molar refractivity (Wildman–Crippen MR) is 142 cm³/mol. The average molecular weight is 560 g/mol. The van der Waals surface area contributed by atoms with E-state index in [1.807, 2.05) is 0 Å². The Hall–Kier alpha value is -0.940. The highest BCUT2D eigenvalue weighted by atomic mass is 127. The van der Waals surface area contributed by atoms with E-state index < -0.39 is 0 Å². The summed E-state index contributed by atoms with van der Waals surface area (Å²) >= 11 is 0. The van der Waals surface area contributed by atoms with Gasteiger partial charge in [-0.3, -0.25) is 14.8 Å². The number of benzene rings is 1. The summed E-state index contributed by atoms with van der Waals surface area (Å²) in [6.45, 7) is 16.3. The Morgan fingerprint density at radius 3 is 2.09 bits per heavy atom. The Morgan fingerprint density at radius 2 is 1.53 bits per heavy atom. The number of nitrogens with one attached hydrogen (secondary N) is 2. The molecule has 2 aliphatic heterocycles. The second kappa shape index (κ2) is 15.1. The van der Waals surface area contributed by atoms with Crippen molar-refractivity contribution < 1.29 is 9.47 Å². The lowest BCUT2D eigenvalue weighted by atomic mass is 10.0. The van der Waals surface area contributed by atoms with Crippen LogP contribution >= 0.6 is 24.0 Å². The van der Waals surface area contributed by atoms with Gasteiger partial charge in [0.05, 0.1) is 39.0 Å². The smallest absolute Gasteiger partial charge is 0.191 e. The zero-order valence-corrected chi connectivity index (χ0v) is 22.3. The minimum atomic E-state index is 0. The van der Waals surface area contributed by atoms with Crippen LogP contribution in [0, 0.1) is 5.92 Å². The summed E-state index contributed by atoms with van der Waals surface area (Å²) in [6, 6.07) is 11.5. The maximum Gasteiger partial charge on any atom is 0.191 e. The maximum absolute atomic E-state index is 5.58. The fraction of sp³-hybridized carbons (Fsp3) is 0.708. The van der Waals surface area contributed by atoms with Gasteiger partial charge >= 0.3 is 0 Å². The first kappa shape index (κ1) is 27.3. The van der Waals surface area contributed by atoms with E-state index in [2.05, 4.69) is 71.5 Å². The van der Waals surface area contributed by atoms with Gasteiger partial charge in [-0.05, 0) is 18.4 Å². The summed E-state index contributed by atoms with van der Waals surface area (Å²) in [4.78, 5) is 10.0. The highest BCUT2D eigenvalue weighted by Crippen LogP contribution is 2.21. The Bertz CT molecular complexity index is 649. The summed E-state index contributed by atoms with van der Waals surface area (Å²) in [5.41, 5.74) is 1.33. The first-order valence-corrected chi connectivity index (χ1v) is 11.9. The number of ether oxygens (including phenoxy) is 2. The van der Waals surface area contributed by atoms with Gasteiger partial charge in [-0.1, -0.05) is 44.2 Å². The molecule has 0 bridgehead atoms. The zero-order valence-electron chi connectivity index (χ0n) is 20.0. The van der Waals surface area contributed by atoms with Crippen LogP contribution in [0.1, 0.15) is 32.4 Å². The van der Waals surface area contributed by atoms with Gasteiger partial charge in [0, 0.05) is 45.3 Å². The van der Waals surface area contributed by atoms with Gasteiger partial charge in [0.2, 0.25) is 0 Å². The third kappa shape index (κ3) is 8.44. The Kier molecular flexibility index (Phi) is 12.8. The maximum atomic E-state index is 5.58. The molecule has 1 aromatic rings. The minimum absolute atomic E-state index is 0. The first-order chi connectivity index (χ1) is 15.2. The van der Waals surface area contributed by atoms with E-state index in [-0.39, 0.29) is 24.0 Å². The molecule has 7 nitrogen and oxygen atoms in total. The van der Waals surface area contributed by atoms with Gasteiger partial charge in [0.25, 0.3) is 0 Å². The van der Waals surface area contributed by atoms with Crippen LogP contribution in [0.25, 0.3) is 0 Å². The van der Waals surface area contributed by atoms with E-state index >= 15 is 0 Å². The molecular formula is C24H42IN5O2. The molecule has 2 atom stereocenters. The Balaban J connectivity index is 0.00000363. The quantitative estimate of drug-likeness (QED) is 0.276. The largest absolute Gasteiger partial charge is 0.379 e. The molecule has 3 rings (SSSR count). The van der Waals surface area contributed by atoms with Gasteiger partial charge in [0.1, 0.15) is 0 Å². The molecule has 0 radical (unpaired) electrons. The van der Waals surface area contributed by atoms with Gasteiger partial charge in [-0.25, -0.2) is 0 Å². The fourth-order valence-electron chi connectivity index (χ4n) is 4.40. The summed E-state index contributed by atoms with van der Waals surface area (Å²) in [6.07, 6.45) is 0. The van der Waals surface area contributed by atoms with Crippen LogP contribution in [0.4, 0.5) is 0 Å². The van der Waals surface area contributed by atoms with E-state index in [1.165, 1.54) is 5.56 Å². The van der Waals surface area contributed by atoms with Crippen molar-refractivity contribution in [1.82, 2.24) is 20.4 Å². The van der Waals surface area contributed by atoms with Crippen molar-refractivity contribution in [2.45, 2.75) is 32.9 Å². The SMILES string of the molecule is CCNC(=NCC(C(C)C)N1CCOCC1)NCC(c1ccccc1)N1CCOCC1.I. The molecule has 0 amide bonds. The van der Waals surface area contributed by atoms with Gasteiger partial charge in [-0.2, -0.15) is 0 Å². The molecule has 2 fully saturated rings. The van der Waals surface area contributed by atoms with Crippen molar-refractivity contribution in [2.24, 2.45) is 10.9 Å². The van der Waals surface area contributed by atoms with Crippen molar-refractivity contribution in [3.8, 4) is 0 Å². The van der Waals surface area contributed by atoms with Crippen LogP contribution in [0.2, 0.25) is 0 Å². The highest BCUT2D eigenvalue weighted by molar-refractivity contribution is 14.0. The minimum Gasteiger partial charge on any atom is -0.379 e. The molecule has 2 unspecified atom stereocenters. The Labute approximate surface area is 211 Å². The monoisotopic (exact) mass is 559 g/mol. The van der Waals surface area contributed by atoms with Crippen LogP contribution < -0.4 is 10.6 Å². The van der Waals surface area contributed by atoms with Gasteiger partial charge in [-0.15, -0.1) is 24.0 Å². The van der Waals surface area contributed by atoms with Crippen molar-refractivity contribution in [1.29, 1.82) is 0 Å². The molecule has 0 spiro atoms. The molecule has 2 N–H and O–H groups in total. The van der Waals surface area contributed by atoms with E-state index in [1.54, 1.807) is 0 Å². The van der Waals surface area contributed by atoms with Crippen molar-refractivity contribution in [3.63, 3.8) is 0 Å². The van der Waals surface area contributed by atoms with E-state index in [9.17, 15) is 0 Å². The van der Waals surface area contributed by atoms with E-state index in [0.29, 0.717) is 18.0 Å². The number of hydrogen-bond acceptors (Lipinski definition) is 5. The topological polar surface area (TPSA) is 61.4 Å². The van der Waals surface area contributed by atoms with Crippen molar-refractivity contribution in [2.75, 3.05) is 72.2 Å². The molecular weight excluding hydrogens is 517 g/mol. The second-order valence-electron chi connectivity index (χ2n) is 8.64. The van der Waals surface area contributed by atoms with Crippen LogP contribution in [0.15, 0.2) is 35.3 Å². The third-order valence-electron chi connectivity index (χ3n) is 6.20. The fourth-order valence-corrected chi connectivity index (χ4v) is 4.40. The molecule has 0 aliphatic carbocycles. The zero-order chi connectivity index (χ0) is 21.9. The molecule has 0 saturated carbocycles. The van der Waals surface area contributed by atoms with E-state index in [0.717, 1.165) is 78.2 Å². The predicted octanol–water partition coefficient (Wildman–Crippen LogP) is 2.59. The van der Waals surface area contributed by atoms with Crippen molar-refractivity contribution >= 4 is 29.9 Å². The highest BCUT2D eigenvalue weighted by Gasteiger charge is 2.25. The average Bonchev–Trinajstić information content (AvgIpc) is 2.81. The van der Waals surface area contributed by atoms with Crippen molar-refractivity contribution in [3.05, 3.63) is 35.9 Å². The number of hydrogen-bond donors (Lipinski definition) is 2. The molecule has 1 aromatic carbocycles. The van der Waals surface area contributed by atoms with Gasteiger partial charge in [0.15, 0.2) is 5.96 Å². The van der Waals surface area contributed by atoms with Gasteiger partial charge < -0.3 is 20.1 Å². The number of guanidine groups is 1. The molecule has 2 heterocycles. The number of aliphatic imine (C=N–C) groups is 1. The number of nitrogens with zero attached hydrogens (tertiary/aromatic N) is 3. The molecule has 0 aromatic heterocycles. The number of halogens is 1. The summed E-state index contributed by atoms with van der Waals surface area (Å²) < 4.78 is 11.1. The Morgan fingerprint density at radius 1 is 0.938 bits per heavy atom. The first-order valence-electron chi connectivity index (χ1n) is 11.9. The summed E-state index contributed by atoms with van der Waals surface area (Å²) in [5, 5.41) is 7.07. The molecule has 2 aliphatic rings. The number of morpholine rings is 2. The number of rotatable bonds is 9. The summed E-state index contributed by atoms with van der Waals surface area (Å²) in [5.74, 6) is 1.45. The van der Waals surface area contributed by atoms with Crippen LogP contribution in [-0.2, 0) is 9.47 Å². The van der Waals surface area contributed by atoms with Crippen LogP contribution in [0.3, 0.4) is 0 Å². The van der Waals surface area contributed by atoms with Crippen LogP contribution in [0.5, 0.6) is 0 Å². The lowest BCUT2D eigenvalue weighted by Gasteiger charge is -2.36. The summed E-state index contributed by atoms with van der Waals surface area (Å²) in [7, 11) is 0. The normalized spacial score (nSPS) is 20.4.